The smallest absolute Gasteiger partial charge is 0.123 e. The summed E-state index contributed by atoms with van der Waals surface area (Å²) in [5.41, 5.74) is 2.14. The third-order valence-electron chi connectivity index (χ3n) is 4.17. The maximum Gasteiger partial charge on any atom is 0.123 e. The molecule has 1 aromatic rings. The number of aliphatic hydroxyl groups is 1. The number of aliphatic hydroxyl groups excluding tert-OH is 1. The van der Waals surface area contributed by atoms with Crippen LogP contribution in [0.5, 0.6) is 5.75 Å². The van der Waals surface area contributed by atoms with Crippen molar-refractivity contribution < 1.29 is 9.84 Å². The van der Waals surface area contributed by atoms with Gasteiger partial charge in [0.1, 0.15) is 5.75 Å². The van der Waals surface area contributed by atoms with E-state index in [0.29, 0.717) is 6.61 Å². The SMILES string of the molecule is CCOc1ccc(C(C)O)cc1CN1CCN(CC)CC1. The predicted octanol–water partition coefficient (Wildman–Crippen LogP) is 2.28. The Kier molecular flexibility index (Phi) is 6.03. The van der Waals surface area contributed by atoms with Gasteiger partial charge < -0.3 is 14.7 Å². The summed E-state index contributed by atoms with van der Waals surface area (Å²) in [6, 6.07) is 6.03. The lowest BCUT2D eigenvalue weighted by molar-refractivity contribution is 0.130. The molecule has 0 aliphatic carbocycles. The van der Waals surface area contributed by atoms with Crippen LogP contribution in [0, 0.1) is 0 Å². The molecule has 1 aliphatic heterocycles. The van der Waals surface area contributed by atoms with Crippen LogP contribution in [0.15, 0.2) is 18.2 Å². The summed E-state index contributed by atoms with van der Waals surface area (Å²) in [5.74, 6) is 0.944. The first-order valence-electron chi connectivity index (χ1n) is 8.02. The molecule has 0 amide bonds. The molecule has 118 valence electrons. The third kappa shape index (κ3) is 4.43. The number of likely N-dealkylation sites (N-methyl/N-ethyl adjacent to an activating group) is 1. The van der Waals surface area contributed by atoms with Crippen LogP contribution in [-0.4, -0.2) is 54.2 Å². The lowest BCUT2D eigenvalue weighted by atomic mass is 10.1. The van der Waals surface area contributed by atoms with Crippen molar-refractivity contribution >= 4 is 0 Å². The number of piperazine rings is 1. The highest BCUT2D eigenvalue weighted by molar-refractivity contribution is 5.38. The Morgan fingerprint density at radius 3 is 2.38 bits per heavy atom. The van der Waals surface area contributed by atoms with Gasteiger partial charge >= 0.3 is 0 Å². The highest BCUT2D eigenvalue weighted by atomic mass is 16.5. The lowest BCUT2D eigenvalue weighted by Gasteiger charge is -2.34. The number of rotatable bonds is 6. The molecule has 1 aliphatic rings. The van der Waals surface area contributed by atoms with E-state index in [1.165, 1.54) is 5.56 Å². The number of nitrogens with zero attached hydrogens (tertiary/aromatic N) is 2. The van der Waals surface area contributed by atoms with E-state index in [9.17, 15) is 5.11 Å². The molecule has 4 heteroatoms. The molecule has 0 aromatic heterocycles. The molecule has 1 aromatic carbocycles. The molecular formula is C17H28N2O2. The lowest BCUT2D eigenvalue weighted by Crippen LogP contribution is -2.45. The van der Waals surface area contributed by atoms with Gasteiger partial charge in [-0.3, -0.25) is 4.90 Å². The number of hydrogen-bond acceptors (Lipinski definition) is 4. The molecule has 1 atom stereocenters. The molecule has 1 unspecified atom stereocenters. The van der Waals surface area contributed by atoms with Crippen molar-refractivity contribution in [3.8, 4) is 5.75 Å². The third-order valence-corrected chi connectivity index (χ3v) is 4.17. The van der Waals surface area contributed by atoms with Crippen molar-refractivity contribution in [1.29, 1.82) is 0 Å². The topological polar surface area (TPSA) is 35.9 Å². The molecule has 1 N–H and O–H groups in total. The minimum Gasteiger partial charge on any atom is -0.494 e. The Morgan fingerprint density at radius 1 is 1.14 bits per heavy atom. The molecule has 0 radical (unpaired) electrons. The van der Waals surface area contributed by atoms with Crippen LogP contribution in [0.1, 0.15) is 38.0 Å². The molecule has 1 saturated heterocycles. The van der Waals surface area contributed by atoms with Crippen LogP contribution in [-0.2, 0) is 6.54 Å². The Bertz CT molecular complexity index is 440. The molecule has 1 heterocycles. The quantitative estimate of drug-likeness (QED) is 0.872. The minimum absolute atomic E-state index is 0.434. The van der Waals surface area contributed by atoms with Crippen molar-refractivity contribution in [3.63, 3.8) is 0 Å². The summed E-state index contributed by atoms with van der Waals surface area (Å²) in [4.78, 5) is 4.95. The highest BCUT2D eigenvalue weighted by Gasteiger charge is 2.17. The second-order valence-corrected chi connectivity index (χ2v) is 5.69. The van der Waals surface area contributed by atoms with E-state index in [4.69, 9.17) is 4.74 Å². The first kappa shape index (κ1) is 16.3. The standard InChI is InChI=1S/C17H28N2O2/c1-4-18-8-10-19(11-9-18)13-16-12-15(14(3)20)6-7-17(16)21-5-2/h6-7,12,14,20H,4-5,8-11,13H2,1-3H3. The maximum absolute atomic E-state index is 9.78. The second-order valence-electron chi connectivity index (χ2n) is 5.69. The van der Waals surface area contributed by atoms with E-state index in [2.05, 4.69) is 22.8 Å². The summed E-state index contributed by atoms with van der Waals surface area (Å²) in [5, 5.41) is 9.78. The van der Waals surface area contributed by atoms with Crippen LogP contribution < -0.4 is 4.74 Å². The summed E-state index contributed by atoms with van der Waals surface area (Å²) in [6.07, 6.45) is -0.434. The number of ether oxygens (including phenoxy) is 1. The highest BCUT2D eigenvalue weighted by Crippen LogP contribution is 2.25. The monoisotopic (exact) mass is 292 g/mol. The second kappa shape index (κ2) is 7.78. The van der Waals surface area contributed by atoms with Crippen molar-refractivity contribution in [2.24, 2.45) is 0 Å². The van der Waals surface area contributed by atoms with E-state index >= 15 is 0 Å². The van der Waals surface area contributed by atoms with Crippen LogP contribution in [0.2, 0.25) is 0 Å². The molecular weight excluding hydrogens is 264 g/mol. The van der Waals surface area contributed by atoms with Gasteiger partial charge in [0.25, 0.3) is 0 Å². The predicted molar refractivity (Wildman–Crippen MR) is 85.6 cm³/mol. The van der Waals surface area contributed by atoms with E-state index < -0.39 is 6.10 Å². The fraction of sp³-hybridized carbons (Fsp3) is 0.647. The maximum atomic E-state index is 9.78. The average Bonchev–Trinajstić information content (AvgIpc) is 2.50. The van der Waals surface area contributed by atoms with Gasteiger partial charge in [-0.05, 0) is 38.1 Å². The zero-order chi connectivity index (χ0) is 15.2. The molecule has 21 heavy (non-hydrogen) atoms. The Morgan fingerprint density at radius 2 is 1.81 bits per heavy atom. The molecule has 0 saturated carbocycles. The van der Waals surface area contributed by atoms with Gasteiger partial charge in [0, 0.05) is 38.3 Å². The van der Waals surface area contributed by atoms with E-state index in [1.807, 2.05) is 19.1 Å². The summed E-state index contributed by atoms with van der Waals surface area (Å²) in [7, 11) is 0. The zero-order valence-electron chi connectivity index (χ0n) is 13.5. The first-order valence-corrected chi connectivity index (χ1v) is 8.02. The summed E-state index contributed by atoms with van der Waals surface area (Å²) < 4.78 is 5.74. The molecule has 1 fully saturated rings. The van der Waals surface area contributed by atoms with Gasteiger partial charge in [0.05, 0.1) is 12.7 Å². The van der Waals surface area contributed by atoms with E-state index in [0.717, 1.165) is 50.6 Å². The van der Waals surface area contributed by atoms with Gasteiger partial charge in [-0.1, -0.05) is 13.0 Å². The Labute approximate surface area is 128 Å². The van der Waals surface area contributed by atoms with Crippen LogP contribution in [0.3, 0.4) is 0 Å². The average molecular weight is 292 g/mol. The van der Waals surface area contributed by atoms with E-state index in [1.54, 1.807) is 6.92 Å². The van der Waals surface area contributed by atoms with E-state index in [-0.39, 0.29) is 0 Å². The van der Waals surface area contributed by atoms with Crippen molar-refractivity contribution in [2.45, 2.75) is 33.4 Å². The zero-order valence-corrected chi connectivity index (χ0v) is 13.5. The normalized spacial score (nSPS) is 18.7. The fourth-order valence-corrected chi connectivity index (χ4v) is 2.78. The number of hydrogen-bond donors (Lipinski definition) is 1. The molecule has 0 bridgehead atoms. The van der Waals surface area contributed by atoms with Crippen LogP contribution in [0.4, 0.5) is 0 Å². The van der Waals surface area contributed by atoms with Gasteiger partial charge in [0.15, 0.2) is 0 Å². The van der Waals surface area contributed by atoms with Crippen LogP contribution >= 0.6 is 0 Å². The summed E-state index contributed by atoms with van der Waals surface area (Å²) >= 11 is 0. The van der Waals surface area contributed by atoms with Crippen molar-refractivity contribution in [2.75, 3.05) is 39.3 Å². The molecule has 2 rings (SSSR count). The minimum atomic E-state index is -0.434. The van der Waals surface area contributed by atoms with Crippen LogP contribution in [0.25, 0.3) is 0 Å². The first-order chi connectivity index (χ1) is 10.1. The van der Waals surface area contributed by atoms with Gasteiger partial charge in [0.2, 0.25) is 0 Å². The van der Waals surface area contributed by atoms with Gasteiger partial charge in [-0.25, -0.2) is 0 Å². The Hall–Kier alpha value is -1.10. The largest absolute Gasteiger partial charge is 0.494 e. The van der Waals surface area contributed by atoms with Crippen molar-refractivity contribution in [3.05, 3.63) is 29.3 Å². The number of benzene rings is 1. The van der Waals surface area contributed by atoms with Crippen molar-refractivity contribution in [1.82, 2.24) is 9.80 Å². The molecule has 0 spiro atoms. The fourth-order valence-electron chi connectivity index (χ4n) is 2.78. The van der Waals surface area contributed by atoms with Gasteiger partial charge in [-0.2, -0.15) is 0 Å². The van der Waals surface area contributed by atoms with Gasteiger partial charge in [-0.15, -0.1) is 0 Å². The summed E-state index contributed by atoms with van der Waals surface area (Å²) in [6.45, 7) is 13.2. The molecule has 4 nitrogen and oxygen atoms in total. The Balaban J connectivity index is 2.08.